The normalized spacial score (nSPS) is 11.1. The summed E-state index contributed by atoms with van der Waals surface area (Å²) in [6.07, 6.45) is 8.98. The zero-order valence-corrected chi connectivity index (χ0v) is 19.5. The molecule has 0 saturated carbocycles. The van der Waals surface area contributed by atoms with Gasteiger partial charge in [0, 0.05) is 6.07 Å². The van der Waals surface area contributed by atoms with Gasteiger partial charge in [0.15, 0.2) is 0 Å². The molecule has 2 aromatic rings. The van der Waals surface area contributed by atoms with E-state index in [2.05, 4.69) is 6.92 Å². The molecule has 0 aliphatic rings. The van der Waals surface area contributed by atoms with Gasteiger partial charge < -0.3 is 9.84 Å². The van der Waals surface area contributed by atoms with E-state index in [0.29, 0.717) is 12.0 Å². The molecular weight excluding hydrogens is 387 g/mol. The van der Waals surface area contributed by atoms with Gasteiger partial charge in [-0.15, -0.1) is 0 Å². The quantitative estimate of drug-likeness (QED) is 0.346. The van der Waals surface area contributed by atoms with E-state index >= 15 is 0 Å². The number of rotatable bonds is 11. The van der Waals surface area contributed by atoms with Gasteiger partial charge in [0.2, 0.25) is 0 Å². The second-order valence-corrected chi connectivity index (χ2v) is 8.09. The topological polar surface area (TPSA) is 86.7 Å². The van der Waals surface area contributed by atoms with Crippen molar-refractivity contribution in [1.82, 2.24) is 0 Å². The molecule has 0 fully saturated rings. The van der Waals surface area contributed by atoms with Crippen LogP contribution in [0.5, 0.6) is 17.2 Å². The summed E-state index contributed by atoms with van der Waals surface area (Å²) in [5.41, 5.74) is 0.701. The van der Waals surface area contributed by atoms with E-state index < -0.39 is 10.1 Å². The molecule has 0 atom stereocenters. The number of hydrogen-bond donors (Lipinski definition) is 1. The average Bonchev–Trinajstić information content (AvgIpc) is 2.63. The third-order valence-electron chi connectivity index (χ3n) is 4.44. The van der Waals surface area contributed by atoms with E-state index in [1.165, 1.54) is 56.4 Å². The van der Waals surface area contributed by atoms with Crippen molar-refractivity contribution in [3.8, 4) is 17.2 Å². The third kappa shape index (κ3) is 8.13. The SMILES string of the molecule is CCCCCCCCCc1cccc(Oc2cccc(S(=O)(=O)O)c2)c1[O-].[Na+]. The van der Waals surface area contributed by atoms with Crippen LogP contribution in [0, 0.1) is 0 Å². The summed E-state index contributed by atoms with van der Waals surface area (Å²) < 4.78 is 37.1. The second kappa shape index (κ2) is 12.5. The Labute approximate surface area is 190 Å². The zero-order valence-electron chi connectivity index (χ0n) is 16.7. The van der Waals surface area contributed by atoms with Gasteiger partial charge in [0.25, 0.3) is 10.1 Å². The molecule has 28 heavy (non-hydrogen) atoms. The Morgan fingerprint density at radius 3 is 2.29 bits per heavy atom. The van der Waals surface area contributed by atoms with E-state index in [-0.39, 0.29) is 51.7 Å². The van der Waals surface area contributed by atoms with E-state index in [0.717, 1.165) is 12.8 Å². The average molecular weight is 414 g/mol. The Morgan fingerprint density at radius 1 is 0.964 bits per heavy atom. The molecule has 5 nitrogen and oxygen atoms in total. The zero-order chi connectivity index (χ0) is 19.7. The molecule has 0 aromatic heterocycles. The maximum Gasteiger partial charge on any atom is 1.00 e. The minimum atomic E-state index is -4.32. The fourth-order valence-electron chi connectivity index (χ4n) is 2.94. The second-order valence-electron chi connectivity index (χ2n) is 6.67. The predicted molar refractivity (Wildman–Crippen MR) is 104 cm³/mol. The first-order valence-corrected chi connectivity index (χ1v) is 10.9. The van der Waals surface area contributed by atoms with Crippen LogP contribution >= 0.6 is 0 Å². The Bertz CT molecular complexity index is 836. The van der Waals surface area contributed by atoms with E-state index in [1.807, 2.05) is 0 Å². The molecule has 0 aliphatic carbocycles. The van der Waals surface area contributed by atoms with Crippen LogP contribution in [-0.2, 0) is 16.5 Å². The molecule has 0 saturated heterocycles. The maximum absolute atomic E-state index is 12.6. The van der Waals surface area contributed by atoms with Gasteiger partial charge in [0.1, 0.15) is 11.5 Å². The maximum atomic E-state index is 12.6. The summed E-state index contributed by atoms with van der Waals surface area (Å²) in [5, 5.41) is 12.6. The number of unbranched alkanes of at least 4 members (excludes halogenated alkanes) is 6. The van der Waals surface area contributed by atoms with Crippen LogP contribution < -0.4 is 39.4 Å². The monoisotopic (exact) mass is 414 g/mol. The van der Waals surface area contributed by atoms with Gasteiger partial charge in [0.05, 0.1) is 4.90 Å². The minimum Gasteiger partial charge on any atom is -0.870 e. The number of aryl methyl sites for hydroxylation is 1. The van der Waals surface area contributed by atoms with Crippen molar-refractivity contribution in [2.24, 2.45) is 0 Å². The van der Waals surface area contributed by atoms with Crippen molar-refractivity contribution in [3.63, 3.8) is 0 Å². The molecule has 0 heterocycles. The Kier molecular flexibility index (Phi) is 11.2. The summed E-state index contributed by atoms with van der Waals surface area (Å²) in [5.74, 6) is 0.166. The van der Waals surface area contributed by atoms with Gasteiger partial charge in [-0.2, -0.15) is 8.42 Å². The first-order valence-electron chi connectivity index (χ1n) is 9.46. The largest absolute Gasteiger partial charge is 1.00 e. The van der Waals surface area contributed by atoms with Crippen LogP contribution in [0.4, 0.5) is 0 Å². The van der Waals surface area contributed by atoms with E-state index in [4.69, 9.17) is 9.29 Å². The van der Waals surface area contributed by atoms with Crippen LogP contribution in [0.15, 0.2) is 47.4 Å². The molecule has 0 aliphatic heterocycles. The molecule has 1 N–H and O–H groups in total. The number of para-hydroxylation sites is 1. The van der Waals surface area contributed by atoms with E-state index in [9.17, 15) is 13.5 Å². The molecular formula is C21H27NaO5S. The van der Waals surface area contributed by atoms with E-state index in [1.54, 1.807) is 18.2 Å². The van der Waals surface area contributed by atoms with Crippen molar-refractivity contribution >= 4 is 10.1 Å². The fourth-order valence-corrected chi connectivity index (χ4v) is 3.45. The summed E-state index contributed by atoms with van der Waals surface area (Å²) in [6, 6.07) is 10.6. The number of benzene rings is 2. The summed E-state index contributed by atoms with van der Waals surface area (Å²) in [4.78, 5) is -0.272. The van der Waals surface area contributed by atoms with Crippen LogP contribution in [0.1, 0.15) is 57.4 Å². The van der Waals surface area contributed by atoms with Crippen LogP contribution in [-0.4, -0.2) is 13.0 Å². The molecule has 148 valence electrons. The first-order chi connectivity index (χ1) is 12.9. The summed E-state index contributed by atoms with van der Waals surface area (Å²) in [6.45, 7) is 2.20. The smallest absolute Gasteiger partial charge is 0.870 e. The molecule has 2 rings (SSSR count). The fraction of sp³-hybridized carbons (Fsp3) is 0.429. The molecule has 0 unspecified atom stereocenters. The molecule has 0 spiro atoms. The predicted octanol–water partition coefficient (Wildman–Crippen LogP) is 2.10. The van der Waals surface area contributed by atoms with Crippen molar-refractivity contribution in [1.29, 1.82) is 0 Å². The van der Waals surface area contributed by atoms with Gasteiger partial charge in [-0.05, 0) is 31.0 Å². The molecule has 0 amide bonds. The Hall–Kier alpha value is -1.05. The summed E-state index contributed by atoms with van der Waals surface area (Å²) >= 11 is 0. The molecule has 7 heteroatoms. The minimum absolute atomic E-state index is 0. The molecule has 0 radical (unpaired) electrons. The van der Waals surface area contributed by atoms with Crippen molar-refractivity contribution in [2.45, 2.75) is 63.2 Å². The third-order valence-corrected chi connectivity index (χ3v) is 5.29. The molecule has 2 aromatic carbocycles. The Balaban J connectivity index is 0.00000392. The van der Waals surface area contributed by atoms with Gasteiger partial charge in [-0.3, -0.25) is 4.55 Å². The van der Waals surface area contributed by atoms with Crippen LogP contribution in [0.25, 0.3) is 0 Å². The first kappa shape index (κ1) is 25.0. The van der Waals surface area contributed by atoms with Gasteiger partial charge in [-0.25, -0.2) is 0 Å². The Morgan fingerprint density at radius 2 is 1.61 bits per heavy atom. The van der Waals surface area contributed by atoms with Crippen molar-refractivity contribution in [3.05, 3.63) is 48.0 Å². The van der Waals surface area contributed by atoms with Crippen LogP contribution in [0.2, 0.25) is 0 Å². The van der Waals surface area contributed by atoms with Gasteiger partial charge in [-0.1, -0.05) is 75.0 Å². The van der Waals surface area contributed by atoms with Crippen LogP contribution in [0.3, 0.4) is 0 Å². The van der Waals surface area contributed by atoms with Crippen molar-refractivity contribution < 1.29 is 52.4 Å². The van der Waals surface area contributed by atoms with Crippen molar-refractivity contribution in [2.75, 3.05) is 0 Å². The summed E-state index contributed by atoms with van der Waals surface area (Å²) in [7, 11) is -4.32. The standard InChI is InChI=1S/C21H28O5S.Na/c1-2-3-4-5-6-7-8-11-17-12-9-15-20(21(17)22)26-18-13-10-14-19(16-18)27(23,24)25;/h9-10,12-16,22H,2-8,11H2,1H3,(H,23,24,25);/q;+1/p-1. The van der Waals surface area contributed by atoms with Gasteiger partial charge >= 0.3 is 29.6 Å². The molecule has 0 bridgehead atoms. The number of ether oxygens (including phenoxy) is 1. The number of hydrogen-bond acceptors (Lipinski definition) is 4.